The Morgan fingerprint density at radius 2 is 1.46 bits per heavy atom. The standard InChI is InChI=1S/C21H26N2O3/c1-21(2,3)26-20(25)23-18(14-16-10-6-4-7-11-16)19(24)22-15-17-12-8-5-9-13-17/h4-13,18H,14-15H2,1-3H3,(H,22,24)(H,23,25)/t18-/m0/s1. The van der Waals surface area contributed by atoms with Gasteiger partial charge in [-0.05, 0) is 31.9 Å². The van der Waals surface area contributed by atoms with Crippen molar-refractivity contribution in [3.8, 4) is 0 Å². The van der Waals surface area contributed by atoms with Gasteiger partial charge in [0.15, 0.2) is 0 Å². The average molecular weight is 354 g/mol. The molecule has 26 heavy (non-hydrogen) atoms. The van der Waals surface area contributed by atoms with Crippen LogP contribution in [0.5, 0.6) is 0 Å². The first-order valence-corrected chi connectivity index (χ1v) is 8.68. The first kappa shape index (κ1) is 19.5. The molecule has 0 aliphatic rings. The molecule has 138 valence electrons. The number of benzene rings is 2. The van der Waals surface area contributed by atoms with Crippen LogP contribution in [0.1, 0.15) is 31.9 Å². The molecule has 0 bridgehead atoms. The second kappa shape index (κ2) is 9.04. The number of alkyl carbamates (subject to hydrolysis) is 1. The monoisotopic (exact) mass is 354 g/mol. The number of nitrogens with one attached hydrogen (secondary N) is 2. The predicted octanol–water partition coefficient (Wildman–Crippen LogP) is 3.44. The van der Waals surface area contributed by atoms with Crippen molar-refractivity contribution in [2.45, 2.75) is 45.4 Å². The van der Waals surface area contributed by atoms with Crippen molar-refractivity contribution >= 4 is 12.0 Å². The molecule has 0 saturated heterocycles. The largest absolute Gasteiger partial charge is 0.444 e. The molecular weight excluding hydrogens is 328 g/mol. The summed E-state index contributed by atoms with van der Waals surface area (Å²) >= 11 is 0. The van der Waals surface area contributed by atoms with E-state index in [0.717, 1.165) is 11.1 Å². The zero-order valence-corrected chi connectivity index (χ0v) is 15.5. The lowest BCUT2D eigenvalue weighted by Gasteiger charge is -2.23. The van der Waals surface area contributed by atoms with Crippen molar-refractivity contribution < 1.29 is 14.3 Å². The summed E-state index contributed by atoms with van der Waals surface area (Å²) in [6.45, 7) is 5.76. The highest BCUT2D eigenvalue weighted by Gasteiger charge is 2.24. The molecule has 0 radical (unpaired) electrons. The quantitative estimate of drug-likeness (QED) is 0.835. The SMILES string of the molecule is CC(C)(C)OC(=O)N[C@@H](Cc1ccccc1)C(=O)NCc1ccccc1. The molecule has 1 atom stereocenters. The van der Waals surface area contributed by atoms with Crippen LogP contribution >= 0.6 is 0 Å². The fraction of sp³-hybridized carbons (Fsp3) is 0.333. The molecule has 0 spiro atoms. The number of amides is 2. The summed E-state index contributed by atoms with van der Waals surface area (Å²) in [6.07, 6.45) is -0.214. The topological polar surface area (TPSA) is 67.4 Å². The van der Waals surface area contributed by atoms with Crippen LogP contribution < -0.4 is 10.6 Å². The van der Waals surface area contributed by atoms with E-state index in [0.29, 0.717) is 13.0 Å². The van der Waals surface area contributed by atoms with Crippen LogP contribution in [0.2, 0.25) is 0 Å². The molecule has 0 saturated carbocycles. The van der Waals surface area contributed by atoms with Crippen LogP contribution in [0.3, 0.4) is 0 Å². The van der Waals surface area contributed by atoms with Crippen molar-refractivity contribution in [2.24, 2.45) is 0 Å². The van der Waals surface area contributed by atoms with E-state index in [9.17, 15) is 9.59 Å². The van der Waals surface area contributed by atoms with Gasteiger partial charge in [0, 0.05) is 13.0 Å². The van der Waals surface area contributed by atoms with Gasteiger partial charge in [-0.1, -0.05) is 60.7 Å². The summed E-state index contributed by atoms with van der Waals surface area (Å²) in [4.78, 5) is 24.8. The van der Waals surface area contributed by atoms with E-state index < -0.39 is 17.7 Å². The van der Waals surface area contributed by atoms with E-state index in [1.165, 1.54) is 0 Å². The number of hydrogen-bond acceptors (Lipinski definition) is 3. The molecule has 2 aromatic rings. The summed E-state index contributed by atoms with van der Waals surface area (Å²) in [5.41, 5.74) is 1.34. The maximum absolute atomic E-state index is 12.6. The van der Waals surface area contributed by atoms with E-state index in [4.69, 9.17) is 4.74 Å². The number of hydrogen-bond donors (Lipinski definition) is 2. The number of ether oxygens (including phenoxy) is 1. The molecule has 0 fully saturated rings. The lowest BCUT2D eigenvalue weighted by molar-refractivity contribution is -0.123. The van der Waals surface area contributed by atoms with Gasteiger partial charge in [-0.15, -0.1) is 0 Å². The predicted molar refractivity (Wildman–Crippen MR) is 102 cm³/mol. The molecule has 0 heterocycles. The Morgan fingerprint density at radius 1 is 0.923 bits per heavy atom. The molecule has 2 N–H and O–H groups in total. The number of rotatable bonds is 6. The van der Waals surface area contributed by atoms with Gasteiger partial charge >= 0.3 is 6.09 Å². The molecular formula is C21H26N2O3. The van der Waals surface area contributed by atoms with Crippen LogP contribution in [0, 0.1) is 0 Å². The molecule has 0 aliphatic heterocycles. The Labute approximate surface area is 154 Å². The maximum atomic E-state index is 12.6. The third-order valence-corrected chi connectivity index (χ3v) is 3.60. The first-order chi connectivity index (χ1) is 12.3. The minimum atomic E-state index is -0.712. The summed E-state index contributed by atoms with van der Waals surface area (Å²) < 4.78 is 5.29. The fourth-order valence-electron chi connectivity index (χ4n) is 2.42. The molecule has 2 rings (SSSR count). The summed E-state index contributed by atoms with van der Waals surface area (Å²) in [5.74, 6) is -0.247. The Balaban J connectivity index is 2.03. The van der Waals surface area contributed by atoms with Gasteiger partial charge in [-0.3, -0.25) is 4.79 Å². The van der Waals surface area contributed by atoms with Gasteiger partial charge < -0.3 is 15.4 Å². The summed E-state index contributed by atoms with van der Waals surface area (Å²) in [7, 11) is 0. The third kappa shape index (κ3) is 6.97. The summed E-state index contributed by atoms with van der Waals surface area (Å²) in [5, 5.41) is 5.56. The van der Waals surface area contributed by atoms with Crippen molar-refractivity contribution in [2.75, 3.05) is 0 Å². The van der Waals surface area contributed by atoms with Crippen LogP contribution in [-0.4, -0.2) is 23.6 Å². The van der Waals surface area contributed by atoms with Crippen LogP contribution in [0.25, 0.3) is 0 Å². The average Bonchev–Trinajstić information content (AvgIpc) is 2.59. The Morgan fingerprint density at radius 3 is 2.00 bits per heavy atom. The van der Waals surface area contributed by atoms with Gasteiger partial charge in [-0.2, -0.15) is 0 Å². The minimum Gasteiger partial charge on any atom is -0.444 e. The Kier molecular flexibility index (Phi) is 6.78. The first-order valence-electron chi connectivity index (χ1n) is 8.68. The smallest absolute Gasteiger partial charge is 0.408 e. The van der Waals surface area contributed by atoms with Gasteiger partial charge in [0.25, 0.3) is 0 Å². The van der Waals surface area contributed by atoms with E-state index in [1.54, 1.807) is 20.8 Å². The zero-order chi connectivity index (χ0) is 19.0. The van der Waals surface area contributed by atoms with E-state index in [2.05, 4.69) is 10.6 Å². The molecule has 0 aliphatic carbocycles. The highest BCUT2D eigenvalue weighted by molar-refractivity contribution is 5.86. The van der Waals surface area contributed by atoms with Gasteiger partial charge in [0.2, 0.25) is 5.91 Å². The molecule has 2 amide bonds. The Bertz CT molecular complexity index is 709. The molecule has 0 unspecified atom stereocenters. The van der Waals surface area contributed by atoms with Crippen molar-refractivity contribution in [3.05, 3.63) is 71.8 Å². The molecule has 2 aromatic carbocycles. The fourth-order valence-corrected chi connectivity index (χ4v) is 2.42. The molecule has 5 nitrogen and oxygen atoms in total. The molecule has 0 aromatic heterocycles. The van der Waals surface area contributed by atoms with E-state index in [1.807, 2.05) is 60.7 Å². The van der Waals surface area contributed by atoms with Crippen LogP contribution in [0.15, 0.2) is 60.7 Å². The lowest BCUT2D eigenvalue weighted by atomic mass is 10.1. The third-order valence-electron chi connectivity index (χ3n) is 3.60. The van der Waals surface area contributed by atoms with Crippen LogP contribution in [-0.2, 0) is 22.5 Å². The van der Waals surface area contributed by atoms with Gasteiger partial charge in [-0.25, -0.2) is 4.79 Å². The Hall–Kier alpha value is -2.82. The highest BCUT2D eigenvalue weighted by Crippen LogP contribution is 2.09. The van der Waals surface area contributed by atoms with E-state index in [-0.39, 0.29) is 5.91 Å². The van der Waals surface area contributed by atoms with E-state index >= 15 is 0 Å². The van der Waals surface area contributed by atoms with Crippen molar-refractivity contribution in [3.63, 3.8) is 0 Å². The molecule has 5 heteroatoms. The second-order valence-corrected chi connectivity index (χ2v) is 7.09. The van der Waals surface area contributed by atoms with Crippen molar-refractivity contribution in [1.29, 1.82) is 0 Å². The van der Waals surface area contributed by atoms with Crippen LogP contribution in [0.4, 0.5) is 4.79 Å². The zero-order valence-electron chi connectivity index (χ0n) is 15.5. The highest BCUT2D eigenvalue weighted by atomic mass is 16.6. The van der Waals surface area contributed by atoms with Gasteiger partial charge in [0.1, 0.15) is 11.6 Å². The van der Waals surface area contributed by atoms with Crippen molar-refractivity contribution in [1.82, 2.24) is 10.6 Å². The van der Waals surface area contributed by atoms with Gasteiger partial charge in [0.05, 0.1) is 0 Å². The normalized spacial score (nSPS) is 12.1. The summed E-state index contributed by atoms with van der Waals surface area (Å²) in [6, 6.07) is 18.5. The number of carbonyl (C=O) groups is 2. The number of carbonyl (C=O) groups excluding carboxylic acids is 2. The minimum absolute atomic E-state index is 0.247. The maximum Gasteiger partial charge on any atom is 0.408 e. The second-order valence-electron chi connectivity index (χ2n) is 7.09. The lowest BCUT2D eigenvalue weighted by Crippen LogP contribution is -2.49.